The highest BCUT2D eigenvalue weighted by molar-refractivity contribution is 6.06. The molecule has 0 fully saturated rings. The molecule has 0 unspecified atom stereocenters. The number of pyridine rings is 1. The van der Waals surface area contributed by atoms with Crippen LogP contribution < -0.4 is 11.1 Å². The van der Waals surface area contributed by atoms with Gasteiger partial charge in [-0.3, -0.25) is 4.79 Å². The fraction of sp³-hybridized carbons (Fsp3) is 0.346. The maximum atomic E-state index is 12.3. The topological polar surface area (TPSA) is 85.8 Å². The Morgan fingerprint density at radius 3 is 2.50 bits per heavy atom. The number of anilines is 1. The molecule has 6 nitrogen and oxygen atoms in total. The number of nitrogens with one attached hydrogen (secondary N) is 1. The summed E-state index contributed by atoms with van der Waals surface area (Å²) in [4.78, 5) is 21.8. The van der Waals surface area contributed by atoms with Crippen molar-refractivity contribution < 1.29 is 4.79 Å². The molecule has 3 N–H and O–H groups in total. The molecule has 2 heterocycles. The molecule has 0 aliphatic rings. The predicted octanol–water partition coefficient (Wildman–Crippen LogP) is 5.09. The minimum absolute atomic E-state index is 0.0217. The summed E-state index contributed by atoms with van der Waals surface area (Å²) in [6, 6.07) is 15.9. The fourth-order valence-electron chi connectivity index (χ4n) is 4.03. The molecule has 0 saturated carbocycles. The third-order valence-corrected chi connectivity index (χ3v) is 5.82. The summed E-state index contributed by atoms with van der Waals surface area (Å²) >= 11 is 0. The van der Waals surface area contributed by atoms with E-state index in [0.29, 0.717) is 24.5 Å². The van der Waals surface area contributed by atoms with Gasteiger partial charge in [-0.05, 0) is 36.6 Å². The lowest BCUT2D eigenvalue weighted by Crippen LogP contribution is -2.24. The maximum Gasteiger partial charge on any atom is 0.251 e. The number of nitrogens with zero attached hydrogens (tertiary/aromatic N) is 3. The van der Waals surface area contributed by atoms with Crippen molar-refractivity contribution >= 4 is 33.7 Å². The van der Waals surface area contributed by atoms with Crippen LogP contribution in [0, 0.1) is 0 Å². The van der Waals surface area contributed by atoms with Gasteiger partial charge in [0.1, 0.15) is 11.3 Å². The minimum Gasteiger partial charge on any atom is -0.382 e. The molecule has 2 aromatic carbocycles. The highest BCUT2D eigenvalue weighted by Gasteiger charge is 2.17. The van der Waals surface area contributed by atoms with E-state index in [9.17, 15) is 4.79 Å². The van der Waals surface area contributed by atoms with Crippen LogP contribution >= 0.6 is 0 Å². The number of carbonyl (C=O) groups is 1. The molecule has 0 atom stereocenters. The van der Waals surface area contributed by atoms with Gasteiger partial charge >= 0.3 is 0 Å². The number of nitrogen functional groups attached to an aromatic ring is 1. The number of rotatable bonds is 9. The Morgan fingerprint density at radius 1 is 1.00 bits per heavy atom. The van der Waals surface area contributed by atoms with E-state index < -0.39 is 0 Å². The number of aryl methyl sites for hydroxylation is 1. The lowest BCUT2D eigenvalue weighted by Gasteiger charge is -2.12. The first-order valence-corrected chi connectivity index (χ1v) is 11.5. The summed E-state index contributed by atoms with van der Waals surface area (Å²) in [5.74, 6) is 1.47. The van der Waals surface area contributed by atoms with E-state index in [1.54, 1.807) is 0 Å². The zero-order valence-corrected chi connectivity index (χ0v) is 18.9. The molecule has 0 saturated heterocycles. The number of hydrogen-bond donors (Lipinski definition) is 2. The van der Waals surface area contributed by atoms with Crippen molar-refractivity contribution in [2.75, 3.05) is 12.3 Å². The monoisotopic (exact) mass is 429 g/mol. The normalized spacial score (nSPS) is 11.3. The van der Waals surface area contributed by atoms with Crippen LogP contribution in [0.1, 0.15) is 61.3 Å². The number of aromatic nitrogens is 3. The van der Waals surface area contributed by atoms with Gasteiger partial charge in [0.05, 0.1) is 11.0 Å². The quantitative estimate of drug-likeness (QED) is 0.363. The standard InChI is InChI=1S/C26H31N5O/c1-3-5-11-22-30-23-24(20-9-7-8-10-21(20)29-25(23)27)31(22)17-18-12-14-19(15-13-18)26(32)28-16-6-4-2/h7-10,12-15H,3-6,11,16-17H2,1-2H3,(H2,27,29)(H,28,32). The van der Waals surface area contributed by atoms with Crippen LogP contribution in [0.5, 0.6) is 0 Å². The molecule has 0 spiro atoms. The SMILES string of the molecule is CCCCNC(=O)c1ccc(Cn2c(CCCC)nc3c(N)nc4ccccc4c32)cc1. The molecule has 2 aromatic heterocycles. The van der Waals surface area contributed by atoms with Crippen LogP contribution in [-0.2, 0) is 13.0 Å². The number of amides is 1. The molecule has 0 aliphatic heterocycles. The van der Waals surface area contributed by atoms with Crippen LogP contribution in [0.15, 0.2) is 48.5 Å². The van der Waals surface area contributed by atoms with Crippen molar-refractivity contribution in [2.24, 2.45) is 0 Å². The molecular formula is C26H31N5O. The number of hydrogen-bond acceptors (Lipinski definition) is 4. The Kier molecular flexibility index (Phi) is 6.69. The van der Waals surface area contributed by atoms with Gasteiger partial charge in [0.15, 0.2) is 5.82 Å². The lowest BCUT2D eigenvalue weighted by molar-refractivity contribution is 0.0953. The van der Waals surface area contributed by atoms with Crippen molar-refractivity contribution in [2.45, 2.75) is 52.5 Å². The Labute approximate surface area is 188 Å². The van der Waals surface area contributed by atoms with Crippen molar-refractivity contribution in [3.8, 4) is 0 Å². The molecule has 6 heteroatoms. The largest absolute Gasteiger partial charge is 0.382 e. The summed E-state index contributed by atoms with van der Waals surface area (Å²) < 4.78 is 2.27. The van der Waals surface area contributed by atoms with Crippen molar-refractivity contribution in [1.29, 1.82) is 0 Å². The first kappa shape index (κ1) is 21.8. The smallest absolute Gasteiger partial charge is 0.251 e. The summed E-state index contributed by atoms with van der Waals surface area (Å²) in [5, 5.41) is 4.03. The average molecular weight is 430 g/mol. The number of para-hydroxylation sites is 1. The van der Waals surface area contributed by atoms with Crippen LogP contribution in [0.4, 0.5) is 5.82 Å². The van der Waals surface area contributed by atoms with Crippen LogP contribution in [0.25, 0.3) is 21.9 Å². The van der Waals surface area contributed by atoms with Crippen molar-refractivity contribution in [3.63, 3.8) is 0 Å². The second-order valence-corrected chi connectivity index (χ2v) is 8.24. The number of fused-ring (bicyclic) bond motifs is 3. The van der Waals surface area contributed by atoms with Crippen LogP contribution in [-0.4, -0.2) is 27.0 Å². The molecule has 1 amide bonds. The van der Waals surface area contributed by atoms with Gasteiger partial charge < -0.3 is 15.6 Å². The highest BCUT2D eigenvalue weighted by atomic mass is 16.1. The first-order chi connectivity index (χ1) is 15.6. The van der Waals surface area contributed by atoms with E-state index in [1.807, 2.05) is 42.5 Å². The van der Waals surface area contributed by atoms with E-state index in [0.717, 1.165) is 65.4 Å². The van der Waals surface area contributed by atoms with E-state index in [-0.39, 0.29) is 5.91 Å². The average Bonchev–Trinajstić information content (AvgIpc) is 3.17. The van der Waals surface area contributed by atoms with E-state index in [1.165, 1.54) is 0 Å². The number of imidazole rings is 1. The second kappa shape index (κ2) is 9.81. The zero-order chi connectivity index (χ0) is 22.5. The van der Waals surface area contributed by atoms with Crippen LogP contribution in [0.2, 0.25) is 0 Å². The molecule has 4 rings (SSSR count). The van der Waals surface area contributed by atoms with E-state index >= 15 is 0 Å². The fourth-order valence-corrected chi connectivity index (χ4v) is 4.03. The number of benzene rings is 2. The molecule has 0 radical (unpaired) electrons. The molecule has 0 aliphatic carbocycles. The van der Waals surface area contributed by atoms with Gasteiger partial charge in [-0.25, -0.2) is 9.97 Å². The number of carbonyl (C=O) groups excluding carboxylic acids is 1. The summed E-state index contributed by atoms with van der Waals surface area (Å²) in [5.41, 5.74) is 10.8. The summed E-state index contributed by atoms with van der Waals surface area (Å²) in [7, 11) is 0. The minimum atomic E-state index is -0.0217. The Balaban J connectivity index is 1.70. The van der Waals surface area contributed by atoms with Crippen molar-refractivity contribution in [1.82, 2.24) is 19.9 Å². The van der Waals surface area contributed by atoms with Gasteiger partial charge in [-0.1, -0.05) is 57.0 Å². The molecule has 166 valence electrons. The van der Waals surface area contributed by atoms with Gasteiger partial charge in [0.2, 0.25) is 0 Å². The third-order valence-electron chi connectivity index (χ3n) is 5.82. The maximum absolute atomic E-state index is 12.3. The Bertz CT molecular complexity index is 1230. The number of nitrogens with two attached hydrogens (primary N) is 1. The molecule has 32 heavy (non-hydrogen) atoms. The Hall–Kier alpha value is -3.41. The lowest BCUT2D eigenvalue weighted by atomic mass is 10.1. The first-order valence-electron chi connectivity index (χ1n) is 11.5. The van der Waals surface area contributed by atoms with Gasteiger partial charge in [0, 0.05) is 30.5 Å². The highest BCUT2D eigenvalue weighted by Crippen LogP contribution is 2.30. The predicted molar refractivity (Wildman–Crippen MR) is 131 cm³/mol. The van der Waals surface area contributed by atoms with Gasteiger partial charge in [-0.2, -0.15) is 0 Å². The molecular weight excluding hydrogens is 398 g/mol. The zero-order valence-electron chi connectivity index (χ0n) is 18.9. The van der Waals surface area contributed by atoms with E-state index in [4.69, 9.17) is 10.7 Å². The van der Waals surface area contributed by atoms with Crippen molar-refractivity contribution in [3.05, 3.63) is 65.5 Å². The number of unbranched alkanes of at least 4 members (excludes halogenated alkanes) is 2. The second-order valence-electron chi connectivity index (χ2n) is 8.24. The molecule has 0 bridgehead atoms. The van der Waals surface area contributed by atoms with Crippen LogP contribution in [0.3, 0.4) is 0 Å². The third kappa shape index (κ3) is 4.44. The summed E-state index contributed by atoms with van der Waals surface area (Å²) in [6.45, 7) is 5.67. The van der Waals surface area contributed by atoms with Gasteiger partial charge in [-0.15, -0.1) is 0 Å². The summed E-state index contributed by atoms with van der Waals surface area (Å²) in [6.07, 6.45) is 5.10. The van der Waals surface area contributed by atoms with Gasteiger partial charge in [0.25, 0.3) is 5.91 Å². The molecule has 4 aromatic rings. The Morgan fingerprint density at radius 2 is 1.75 bits per heavy atom. The van der Waals surface area contributed by atoms with E-state index in [2.05, 4.69) is 34.8 Å².